The standard InChI is InChI=1S/C13H15NO/c1-5-9-14(4)13(15)12-10(2)7-6-8-11(12)3/h1,6-8H,9H2,2-4H3. The molecule has 1 rings (SSSR count). The first-order valence-corrected chi connectivity index (χ1v) is 4.83. The molecule has 0 heterocycles. The molecule has 0 aliphatic carbocycles. The van der Waals surface area contributed by atoms with Gasteiger partial charge in [-0.25, -0.2) is 0 Å². The SMILES string of the molecule is C#CCN(C)C(=O)c1c(C)cccc1C. The Hall–Kier alpha value is -1.75. The summed E-state index contributed by atoms with van der Waals surface area (Å²) in [5.41, 5.74) is 2.74. The molecule has 0 saturated carbocycles. The summed E-state index contributed by atoms with van der Waals surface area (Å²) in [6.07, 6.45) is 5.18. The molecule has 15 heavy (non-hydrogen) atoms. The molecular weight excluding hydrogens is 186 g/mol. The van der Waals surface area contributed by atoms with E-state index in [1.807, 2.05) is 32.0 Å². The van der Waals surface area contributed by atoms with Gasteiger partial charge in [0.2, 0.25) is 0 Å². The fourth-order valence-electron chi connectivity index (χ4n) is 1.55. The number of hydrogen-bond acceptors (Lipinski definition) is 1. The third-order valence-corrected chi connectivity index (χ3v) is 2.37. The number of carbonyl (C=O) groups is 1. The van der Waals surface area contributed by atoms with Crippen molar-refractivity contribution in [2.75, 3.05) is 13.6 Å². The predicted molar refractivity (Wildman–Crippen MR) is 61.7 cm³/mol. The highest BCUT2D eigenvalue weighted by Gasteiger charge is 2.14. The minimum absolute atomic E-state index is 0.0106. The van der Waals surface area contributed by atoms with Crippen molar-refractivity contribution >= 4 is 5.91 Å². The van der Waals surface area contributed by atoms with Crippen LogP contribution in [0.3, 0.4) is 0 Å². The smallest absolute Gasteiger partial charge is 0.254 e. The number of nitrogens with zero attached hydrogens (tertiary/aromatic N) is 1. The fraction of sp³-hybridized carbons (Fsp3) is 0.308. The lowest BCUT2D eigenvalue weighted by Crippen LogP contribution is -2.28. The molecule has 0 spiro atoms. The van der Waals surface area contributed by atoms with Crippen molar-refractivity contribution in [1.82, 2.24) is 4.90 Å². The molecule has 0 bridgehead atoms. The van der Waals surface area contributed by atoms with Crippen molar-refractivity contribution < 1.29 is 4.79 Å². The number of aryl methyl sites for hydroxylation is 2. The Balaban J connectivity index is 3.07. The predicted octanol–water partition coefficient (Wildman–Crippen LogP) is 2.01. The lowest BCUT2D eigenvalue weighted by Gasteiger charge is -2.17. The van der Waals surface area contributed by atoms with E-state index in [0.717, 1.165) is 16.7 Å². The van der Waals surface area contributed by atoms with Crippen molar-refractivity contribution in [2.45, 2.75) is 13.8 Å². The molecule has 0 aliphatic heterocycles. The number of amides is 1. The third kappa shape index (κ3) is 2.38. The van der Waals surface area contributed by atoms with Crippen molar-refractivity contribution in [3.63, 3.8) is 0 Å². The van der Waals surface area contributed by atoms with E-state index in [2.05, 4.69) is 5.92 Å². The van der Waals surface area contributed by atoms with E-state index in [1.54, 1.807) is 11.9 Å². The number of hydrogen-bond donors (Lipinski definition) is 0. The van der Waals surface area contributed by atoms with E-state index in [9.17, 15) is 4.79 Å². The van der Waals surface area contributed by atoms with Crippen molar-refractivity contribution in [3.8, 4) is 12.3 Å². The van der Waals surface area contributed by atoms with E-state index in [0.29, 0.717) is 6.54 Å². The molecule has 2 nitrogen and oxygen atoms in total. The Morgan fingerprint density at radius 3 is 2.40 bits per heavy atom. The molecule has 1 amide bonds. The summed E-state index contributed by atoms with van der Waals surface area (Å²) in [4.78, 5) is 13.6. The summed E-state index contributed by atoms with van der Waals surface area (Å²) in [6.45, 7) is 4.21. The first-order valence-electron chi connectivity index (χ1n) is 4.83. The van der Waals surface area contributed by atoms with E-state index in [4.69, 9.17) is 6.42 Å². The molecule has 1 aromatic carbocycles. The zero-order valence-corrected chi connectivity index (χ0v) is 9.37. The normalized spacial score (nSPS) is 9.47. The van der Waals surface area contributed by atoms with Crippen molar-refractivity contribution in [3.05, 3.63) is 34.9 Å². The highest BCUT2D eigenvalue weighted by molar-refractivity contribution is 5.97. The second kappa shape index (κ2) is 4.65. The average molecular weight is 201 g/mol. The Bertz CT molecular complexity index is 395. The number of carbonyl (C=O) groups excluding carboxylic acids is 1. The maximum Gasteiger partial charge on any atom is 0.254 e. The van der Waals surface area contributed by atoms with Gasteiger partial charge in [-0.05, 0) is 25.0 Å². The summed E-state index contributed by atoms with van der Waals surface area (Å²) < 4.78 is 0. The molecular formula is C13H15NO. The zero-order chi connectivity index (χ0) is 11.4. The van der Waals surface area contributed by atoms with Crippen LogP contribution in [0.1, 0.15) is 21.5 Å². The number of rotatable bonds is 2. The molecule has 0 atom stereocenters. The van der Waals surface area contributed by atoms with Crippen LogP contribution in [0.15, 0.2) is 18.2 Å². The van der Waals surface area contributed by atoms with E-state index < -0.39 is 0 Å². The van der Waals surface area contributed by atoms with Crippen LogP contribution in [-0.4, -0.2) is 24.4 Å². The monoisotopic (exact) mass is 201 g/mol. The maximum atomic E-state index is 12.0. The highest BCUT2D eigenvalue weighted by Crippen LogP contribution is 2.14. The molecule has 0 aromatic heterocycles. The van der Waals surface area contributed by atoms with Crippen molar-refractivity contribution in [2.24, 2.45) is 0 Å². The summed E-state index contributed by atoms with van der Waals surface area (Å²) >= 11 is 0. The highest BCUT2D eigenvalue weighted by atomic mass is 16.2. The summed E-state index contributed by atoms with van der Waals surface area (Å²) in [6, 6.07) is 5.82. The van der Waals surface area contributed by atoms with Crippen LogP contribution in [0.4, 0.5) is 0 Å². The van der Waals surface area contributed by atoms with Gasteiger partial charge in [0.15, 0.2) is 0 Å². The molecule has 0 aliphatic rings. The van der Waals surface area contributed by atoms with Crippen LogP contribution >= 0.6 is 0 Å². The van der Waals surface area contributed by atoms with Gasteiger partial charge in [-0.1, -0.05) is 24.1 Å². The van der Waals surface area contributed by atoms with Crippen LogP contribution < -0.4 is 0 Å². The molecule has 2 heteroatoms. The minimum atomic E-state index is -0.0106. The molecule has 0 N–H and O–H groups in total. The Labute approximate surface area is 90.9 Å². The van der Waals surface area contributed by atoms with E-state index in [-0.39, 0.29) is 5.91 Å². The van der Waals surface area contributed by atoms with Gasteiger partial charge in [0, 0.05) is 12.6 Å². The summed E-state index contributed by atoms with van der Waals surface area (Å²) in [5, 5.41) is 0. The summed E-state index contributed by atoms with van der Waals surface area (Å²) in [7, 11) is 1.72. The van der Waals surface area contributed by atoms with E-state index >= 15 is 0 Å². The zero-order valence-electron chi connectivity index (χ0n) is 9.37. The maximum absolute atomic E-state index is 12.0. The number of benzene rings is 1. The van der Waals surface area contributed by atoms with Crippen molar-refractivity contribution in [1.29, 1.82) is 0 Å². The quantitative estimate of drug-likeness (QED) is 0.670. The Kier molecular flexibility index (Phi) is 3.51. The first kappa shape index (κ1) is 11.3. The fourth-order valence-corrected chi connectivity index (χ4v) is 1.55. The molecule has 0 radical (unpaired) electrons. The van der Waals surface area contributed by atoms with Gasteiger partial charge in [0.25, 0.3) is 5.91 Å². The molecule has 1 aromatic rings. The minimum Gasteiger partial charge on any atom is -0.331 e. The van der Waals surface area contributed by atoms with Gasteiger partial charge in [-0.15, -0.1) is 6.42 Å². The topological polar surface area (TPSA) is 20.3 Å². The largest absolute Gasteiger partial charge is 0.331 e. The second-order valence-corrected chi connectivity index (χ2v) is 3.63. The molecule has 0 fully saturated rings. The molecule has 78 valence electrons. The van der Waals surface area contributed by atoms with Gasteiger partial charge >= 0.3 is 0 Å². The Morgan fingerprint density at radius 2 is 1.93 bits per heavy atom. The van der Waals surface area contributed by atoms with Crippen LogP contribution in [0.25, 0.3) is 0 Å². The van der Waals surface area contributed by atoms with Gasteiger partial charge in [0.05, 0.1) is 6.54 Å². The molecule has 0 unspecified atom stereocenters. The summed E-state index contributed by atoms with van der Waals surface area (Å²) in [5.74, 6) is 2.45. The lowest BCUT2D eigenvalue weighted by molar-refractivity contribution is 0.0811. The lowest BCUT2D eigenvalue weighted by atomic mass is 10.0. The molecule has 0 saturated heterocycles. The number of terminal acetylenes is 1. The van der Waals surface area contributed by atoms with Crippen LogP contribution in [0.5, 0.6) is 0 Å². The van der Waals surface area contributed by atoms with Gasteiger partial charge in [0.1, 0.15) is 0 Å². The Morgan fingerprint density at radius 1 is 1.40 bits per heavy atom. The van der Waals surface area contributed by atoms with Crippen LogP contribution in [-0.2, 0) is 0 Å². The average Bonchev–Trinajstić information content (AvgIpc) is 2.17. The van der Waals surface area contributed by atoms with E-state index in [1.165, 1.54) is 0 Å². The second-order valence-electron chi connectivity index (χ2n) is 3.63. The third-order valence-electron chi connectivity index (χ3n) is 2.37. The van der Waals surface area contributed by atoms with Gasteiger partial charge in [-0.3, -0.25) is 4.79 Å². The van der Waals surface area contributed by atoms with Gasteiger partial charge < -0.3 is 4.90 Å². The van der Waals surface area contributed by atoms with Gasteiger partial charge in [-0.2, -0.15) is 0 Å². The van der Waals surface area contributed by atoms with Crippen LogP contribution in [0, 0.1) is 26.2 Å². The van der Waals surface area contributed by atoms with Crippen LogP contribution in [0.2, 0.25) is 0 Å². The first-order chi connectivity index (χ1) is 7.07.